The molecule has 0 saturated heterocycles. The van der Waals surface area contributed by atoms with Gasteiger partial charge in [-0.15, -0.1) is 0 Å². The summed E-state index contributed by atoms with van der Waals surface area (Å²) in [6.07, 6.45) is 2.43. The second-order valence-electron chi connectivity index (χ2n) is 6.74. The van der Waals surface area contributed by atoms with Gasteiger partial charge in [-0.05, 0) is 48.2 Å². The lowest BCUT2D eigenvalue weighted by atomic mass is 9.77. The predicted octanol–water partition coefficient (Wildman–Crippen LogP) is 4.72. The van der Waals surface area contributed by atoms with Crippen molar-refractivity contribution in [2.45, 2.75) is 32.2 Å². The number of ether oxygens (including phenoxy) is 1. The quantitative estimate of drug-likeness (QED) is 0.731. The number of methoxy groups -OCH3 is 1. The molecule has 26 heavy (non-hydrogen) atoms. The summed E-state index contributed by atoms with van der Waals surface area (Å²) in [5.74, 6) is 1.10. The molecule has 0 fully saturated rings. The maximum Gasteiger partial charge on any atom is 0.242 e. The summed E-state index contributed by atoms with van der Waals surface area (Å²) in [7, 11) is 1.68. The number of carbonyl (C=O) groups excluding carboxylic acids is 1. The van der Waals surface area contributed by atoms with Crippen LogP contribution in [0.25, 0.3) is 0 Å². The highest BCUT2D eigenvalue weighted by Gasteiger charge is 2.43. The van der Waals surface area contributed by atoms with Crippen molar-refractivity contribution < 1.29 is 9.53 Å². The van der Waals surface area contributed by atoms with E-state index in [4.69, 9.17) is 9.84 Å². The first-order chi connectivity index (χ1) is 12.6. The number of amides is 1. The number of aryl methyl sites for hydroxylation is 1. The van der Waals surface area contributed by atoms with Gasteiger partial charge < -0.3 is 4.74 Å². The van der Waals surface area contributed by atoms with Crippen LogP contribution in [-0.2, 0) is 11.2 Å². The van der Waals surface area contributed by atoms with Crippen LogP contribution < -0.4 is 4.74 Å². The molecule has 2 aromatic carbocycles. The van der Waals surface area contributed by atoms with E-state index in [0.29, 0.717) is 6.42 Å². The highest BCUT2D eigenvalue weighted by atomic mass is 79.9. The maximum absolute atomic E-state index is 12.6. The van der Waals surface area contributed by atoms with Gasteiger partial charge in [-0.3, -0.25) is 4.79 Å². The van der Waals surface area contributed by atoms with Crippen LogP contribution in [0, 0.1) is 5.92 Å². The maximum atomic E-state index is 12.6. The third kappa shape index (κ3) is 2.84. The van der Waals surface area contributed by atoms with Crippen LogP contribution in [0.1, 0.15) is 42.5 Å². The van der Waals surface area contributed by atoms with Crippen molar-refractivity contribution in [2.24, 2.45) is 11.0 Å². The number of halogens is 1. The van der Waals surface area contributed by atoms with Gasteiger partial charge in [-0.2, -0.15) is 5.10 Å². The molecule has 0 unspecified atom stereocenters. The molecule has 4 rings (SSSR count). The molecule has 0 saturated carbocycles. The minimum atomic E-state index is -0.0371. The largest absolute Gasteiger partial charge is 0.497 e. The second-order valence-corrected chi connectivity index (χ2v) is 7.66. The molecule has 0 N–H and O–H groups in total. The van der Waals surface area contributed by atoms with Crippen molar-refractivity contribution in [3.63, 3.8) is 0 Å². The summed E-state index contributed by atoms with van der Waals surface area (Å²) in [6, 6.07) is 14.4. The van der Waals surface area contributed by atoms with E-state index in [2.05, 4.69) is 40.2 Å². The number of fused-ring (bicyclic) bond motifs is 3. The zero-order valence-electron chi connectivity index (χ0n) is 14.9. The molecule has 0 spiro atoms. The lowest BCUT2D eigenvalue weighted by molar-refractivity contribution is -0.133. The number of hydrazone groups is 1. The van der Waals surface area contributed by atoms with Crippen LogP contribution in [-0.4, -0.2) is 23.7 Å². The molecule has 1 heterocycles. The standard InChI is InChI=1S/C21H21BrN2O2/c1-3-19(25)24-21(14-4-8-15(22)9-5-14)17-11-7-13-6-10-16(26-2)12-18(13)20(17)23-24/h4-6,8-10,12,17,21H,3,7,11H2,1-2H3/t17-,21+/m1/s1. The zero-order chi connectivity index (χ0) is 18.3. The average molecular weight is 413 g/mol. The van der Waals surface area contributed by atoms with Crippen molar-refractivity contribution in [3.8, 4) is 5.75 Å². The Kier molecular flexibility index (Phi) is 4.57. The molecule has 0 bridgehead atoms. The Hall–Kier alpha value is -2.14. The SMILES string of the molecule is CCC(=O)N1N=C2c3cc(OC)ccc3CC[C@H]2[C@@H]1c1ccc(Br)cc1. The normalized spacial score (nSPS) is 21.0. The Labute approximate surface area is 162 Å². The van der Waals surface area contributed by atoms with Crippen LogP contribution in [0.4, 0.5) is 0 Å². The van der Waals surface area contributed by atoms with Crippen LogP contribution in [0.3, 0.4) is 0 Å². The topological polar surface area (TPSA) is 41.9 Å². The minimum Gasteiger partial charge on any atom is -0.497 e. The van der Waals surface area contributed by atoms with Crippen LogP contribution in [0.2, 0.25) is 0 Å². The van der Waals surface area contributed by atoms with E-state index in [1.54, 1.807) is 12.1 Å². The van der Waals surface area contributed by atoms with E-state index in [1.807, 2.05) is 25.1 Å². The molecule has 0 aromatic heterocycles. The molecular weight excluding hydrogens is 392 g/mol. The predicted molar refractivity (Wildman–Crippen MR) is 105 cm³/mol. The fourth-order valence-corrected chi connectivity index (χ4v) is 4.24. The smallest absolute Gasteiger partial charge is 0.242 e. The van der Waals surface area contributed by atoms with Gasteiger partial charge in [-0.1, -0.05) is 41.1 Å². The first kappa shape index (κ1) is 17.3. The Morgan fingerprint density at radius 1 is 1.27 bits per heavy atom. The van der Waals surface area contributed by atoms with Gasteiger partial charge in [0.05, 0.1) is 18.9 Å². The number of hydrogen-bond donors (Lipinski definition) is 0. The highest BCUT2D eigenvalue weighted by Crippen LogP contribution is 2.44. The number of rotatable bonds is 3. The monoisotopic (exact) mass is 412 g/mol. The lowest BCUT2D eigenvalue weighted by Crippen LogP contribution is -2.31. The summed E-state index contributed by atoms with van der Waals surface area (Å²) in [4.78, 5) is 12.6. The van der Waals surface area contributed by atoms with Gasteiger partial charge >= 0.3 is 0 Å². The molecule has 134 valence electrons. The zero-order valence-corrected chi connectivity index (χ0v) is 16.5. The number of hydrogen-bond acceptors (Lipinski definition) is 3. The second kappa shape index (κ2) is 6.88. The Bertz CT molecular complexity index is 876. The fraction of sp³-hybridized carbons (Fsp3) is 0.333. The lowest BCUT2D eigenvalue weighted by Gasteiger charge is -2.29. The van der Waals surface area contributed by atoms with Crippen molar-refractivity contribution in [1.29, 1.82) is 0 Å². The molecule has 2 atom stereocenters. The molecule has 1 aliphatic carbocycles. The third-order valence-electron chi connectivity index (χ3n) is 5.30. The molecule has 1 aliphatic heterocycles. The van der Waals surface area contributed by atoms with E-state index in [1.165, 1.54) is 5.56 Å². The minimum absolute atomic E-state index is 0.0371. The van der Waals surface area contributed by atoms with E-state index < -0.39 is 0 Å². The Balaban J connectivity index is 1.80. The van der Waals surface area contributed by atoms with E-state index in [0.717, 1.165) is 39.9 Å². The van der Waals surface area contributed by atoms with Crippen molar-refractivity contribution >= 4 is 27.5 Å². The first-order valence-electron chi connectivity index (χ1n) is 8.95. The van der Waals surface area contributed by atoms with Gasteiger partial charge in [-0.25, -0.2) is 5.01 Å². The molecule has 5 heteroatoms. The Morgan fingerprint density at radius 2 is 2.04 bits per heavy atom. The summed E-state index contributed by atoms with van der Waals surface area (Å²) in [5, 5.41) is 6.52. The number of carbonyl (C=O) groups is 1. The molecular formula is C21H21BrN2O2. The first-order valence-corrected chi connectivity index (χ1v) is 9.75. The average Bonchev–Trinajstić information content (AvgIpc) is 3.07. The fourth-order valence-electron chi connectivity index (χ4n) is 3.98. The molecule has 0 radical (unpaired) electrons. The Morgan fingerprint density at radius 3 is 2.73 bits per heavy atom. The van der Waals surface area contributed by atoms with Crippen molar-refractivity contribution in [1.82, 2.24) is 5.01 Å². The summed E-state index contributed by atoms with van der Waals surface area (Å²) < 4.78 is 6.44. The van der Waals surface area contributed by atoms with Crippen LogP contribution >= 0.6 is 15.9 Å². The van der Waals surface area contributed by atoms with Gasteiger partial charge in [0, 0.05) is 22.4 Å². The molecule has 4 nitrogen and oxygen atoms in total. The summed E-state index contributed by atoms with van der Waals surface area (Å²) in [6.45, 7) is 1.89. The van der Waals surface area contributed by atoms with E-state index >= 15 is 0 Å². The molecule has 1 amide bonds. The molecule has 2 aromatic rings. The van der Waals surface area contributed by atoms with Crippen molar-refractivity contribution in [3.05, 3.63) is 63.6 Å². The highest BCUT2D eigenvalue weighted by molar-refractivity contribution is 9.10. The third-order valence-corrected chi connectivity index (χ3v) is 5.83. The summed E-state index contributed by atoms with van der Waals surface area (Å²) in [5.41, 5.74) is 4.54. The van der Waals surface area contributed by atoms with Gasteiger partial charge in [0.1, 0.15) is 5.75 Å². The van der Waals surface area contributed by atoms with Gasteiger partial charge in [0.25, 0.3) is 0 Å². The molecule has 2 aliphatic rings. The number of benzene rings is 2. The van der Waals surface area contributed by atoms with Gasteiger partial charge in [0.2, 0.25) is 5.91 Å². The number of nitrogens with zero attached hydrogens (tertiary/aromatic N) is 2. The van der Waals surface area contributed by atoms with Gasteiger partial charge in [0.15, 0.2) is 0 Å². The van der Waals surface area contributed by atoms with Crippen LogP contribution in [0.5, 0.6) is 5.75 Å². The van der Waals surface area contributed by atoms with E-state index in [-0.39, 0.29) is 17.9 Å². The van der Waals surface area contributed by atoms with Crippen LogP contribution in [0.15, 0.2) is 52.0 Å². The van der Waals surface area contributed by atoms with Crippen molar-refractivity contribution in [2.75, 3.05) is 7.11 Å². The van der Waals surface area contributed by atoms with E-state index in [9.17, 15) is 4.79 Å². The summed E-state index contributed by atoms with van der Waals surface area (Å²) >= 11 is 3.49.